The molecule has 5 aromatic rings. The van der Waals surface area contributed by atoms with Gasteiger partial charge in [-0.1, -0.05) is 48.6 Å². The first-order valence-corrected chi connectivity index (χ1v) is 14.5. The van der Waals surface area contributed by atoms with Crippen LogP contribution in [0.15, 0.2) is 83.8 Å². The fraction of sp³-hybridized carbons (Fsp3) is 0.179. The Labute approximate surface area is 230 Å². The van der Waals surface area contributed by atoms with E-state index >= 15 is 0 Å². The summed E-state index contributed by atoms with van der Waals surface area (Å²) in [7, 11) is -2.13. The molecule has 0 atom stereocenters. The highest BCUT2D eigenvalue weighted by molar-refractivity contribution is 7.89. The highest BCUT2D eigenvalue weighted by Crippen LogP contribution is 2.30. The topological polar surface area (TPSA) is 106 Å². The number of hydrogen-bond donors (Lipinski definition) is 1. The number of nitrogens with one attached hydrogen (secondary N) is 1. The summed E-state index contributed by atoms with van der Waals surface area (Å²) in [6.45, 7) is 4.22. The second-order valence-corrected chi connectivity index (χ2v) is 11.8. The SMILES string of the molecule is CCN(Cc1ccccc1)S(=O)(=O)c1ccc(C(=O)Nc2cc(C)nn2-c2nc3ccc(OC)cc3s2)cc1. The molecule has 0 fully saturated rings. The van der Waals surface area contributed by atoms with Crippen LogP contribution in [0.1, 0.15) is 28.5 Å². The average molecular weight is 562 g/mol. The van der Waals surface area contributed by atoms with Crippen molar-refractivity contribution in [3.8, 4) is 10.9 Å². The summed E-state index contributed by atoms with van der Waals surface area (Å²) in [4.78, 5) is 17.9. The maximum Gasteiger partial charge on any atom is 0.256 e. The number of nitrogens with zero attached hydrogens (tertiary/aromatic N) is 4. The van der Waals surface area contributed by atoms with Crippen LogP contribution in [0.5, 0.6) is 5.75 Å². The monoisotopic (exact) mass is 561 g/mol. The van der Waals surface area contributed by atoms with Crippen LogP contribution in [0.4, 0.5) is 5.82 Å². The summed E-state index contributed by atoms with van der Waals surface area (Å²) in [5.41, 5.74) is 2.73. The zero-order valence-electron chi connectivity index (χ0n) is 21.7. The largest absolute Gasteiger partial charge is 0.497 e. The Morgan fingerprint density at radius 3 is 2.49 bits per heavy atom. The minimum atomic E-state index is -3.74. The fourth-order valence-corrected chi connectivity index (χ4v) is 6.51. The molecular formula is C28H27N5O4S2. The smallest absolute Gasteiger partial charge is 0.256 e. The van der Waals surface area contributed by atoms with Crippen molar-refractivity contribution in [1.29, 1.82) is 0 Å². The van der Waals surface area contributed by atoms with Crippen LogP contribution < -0.4 is 10.1 Å². The second kappa shape index (κ2) is 11.0. The number of fused-ring (bicyclic) bond motifs is 1. The molecule has 0 radical (unpaired) electrons. The number of aryl methyl sites for hydroxylation is 1. The molecule has 2 aromatic heterocycles. The average Bonchev–Trinajstić information content (AvgIpc) is 3.54. The lowest BCUT2D eigenvalue weighted by atomic mass is 10.2. The summed E-state index contributed by atoms with van der Waals surface area (Å²) in [5, 5.41) is 7.99. The van der Waals surface area contributed by atoms with Gasteiger partial charge in [-0.2, -0.15) is 14.1 Å². The predicted octanol–water partition coefficient (Wildman–Crippen LogP) is 5.26. The molecule has 0 saturated carbocycles. The number of sulfonamides is 1. The van der Waals surface area contributed by atoms with Gasteiger partial charge in [-0.05, 0) is 55.0 Å². The standard InChI is InChI=1S/C28H27N5O4S2/c1-4-32(18-20-8-6-5-7-9-20)39(35,36)23-13-10-21(11-14-23)27(34)30-26-16-19(2)31-33(26)28-29-24-15-12-22(37-3)17-25(24)38-28/h5-17H,4,18H2,1-3H3,(H,30,34). The molecule has 200 valence electrons. The van der Waals surface area contributed by atoms with Gasteiger partial charge >= 0.3 is 0 Å². The van der Waals surface area contributed by atoms with Crippen molar-refractivity contribution in [2.45, 2.75) is 25.3 Å². The highest BCUT2D eigenvalue weighted by atomic mass is 32.2. The Morgan fingerprint density at radius 2 is 1.79 bits per heavy atom. The Bertz CT molecular complexity index is 1730. The molecule has 0 bridgehead atoms. The van der Waals surface area contributed by atoms with Crippen molar-refractivity contribution in [2.24, 2.45) is 0 Å². The van der Waals surface area contributed by atoms with Crippen molar-refractivity contribution >= 4 is 43.3 Å². The quantitative estimate of drug-likeness (QED) is 0.263. The predicted molar refractivity (Wildman–Crippen MR) is 152 cm³/mol. The molecule has 39 heavy (non-hydrogen) atoms. The molecule has 9 nitrogen and oxygen atoms in total. The van der Waals surface area contributed by atoms with E-state index < -0.39 is 10.0 Å². The summed E-state index contributed by atoms with van der Waals surface area (Å²) in [5.74, 6) is 0.801. The molecule has 1 amide bonds. The molecule has 3 aromatic carbocycles. The molecule has 0 aliphatic carbocycles. The van der Waals surface area contributed by atoms with Crippen LogP contribution in [0.2, 0.25) is 0 Å². The molecule has 0 unspecified atom stereocenters. The van der Waals surface area contributed by atoms with Crippen LogP contribution in [0.3, 0.4) is 0 Å². The second-order valence-electron chi connectivity index (χ2n) is 8.81. The van der Waals surface area contributed by atoms with Gasteiger partial charge in [-0.25, -0.2) is 13.4 Å². The first kappa shape index (κ1) is 26.5. The van der Waals surface area contributed by atoms with Crippen LogP contribution in [0.25, 0.3) is 15.3 Å². The van der Waals surface area contributed by atoms with E-state index in [9.17, 15) is 13.2 Å². The Hall–Kier alpha value is -4.06. The fourth-order valence-electron chi connectivity index (χ4n) is 4.11. The third kappa shape index (κ3) is 5.56. The maximum atomic E-state index is 13.3. The molecule has 0 aliphatic heterocycles. The normalized spacial score (nSPS) is 11.7. The zero-order valence-corrected chi connectivity index (χ0v) is 23.3. The summed E-state index contributed by atoms with van der Waals surface area (Å²) < 4.78 is 35.7. The van der Waals surface area contributed by atoms with E-state index in [0.29, 0.717) is 28.8 Å². The van der Waals surface area contributed by atoms with E-state index in [2.05, 4.69) is 15.4 Å². The number of carbonyl (C=O) groups is 1. The van der Waals surface area contributed by atoms with Crippen molar-refractivity contribution in [3.05, 3.63) is 95.7 Å². The molecule has 11 heteroatoms. The van der Waals surface area contributed by atoms with Crippen molar-refractivity contribution in [2.75, 3.05) is 19.0 Å². The first-order chi connectivity index (χ1) is 18.8. The van der Waals surface area contributed by atoms with E-state index in [4.69, 9.17) is 4.74 Å². The molecule has 0 aliphatic rings. The summed E-state index contributed by atoms with van der Waals surface area (Å²) >= 11 is 1.43. The van der Waals surface area contributed by atoms with Crippen LogP contribution in [-0.2, 0) is 16.6 Å². The molecule has 5 rings (SSSR count). The lowest BCUT2D eigenvalue weighted by Crippen LogP contribution is -2.30. The molecule has 0 saturated heterocycles. The number of thiazole rings is 1. The number of aromatic nitrogens is 3. The highest BCUT2D eigenvalue weighted by Gasteiger charge is 2.24. The van der Waals surface area contributed by atoms with Gasteiger partial charge in [0.1, 0.15) is 11.6 Å². The number of rotatable bonds is 9. The number of benzene rings is 3. The van der Waals surface area contributed by atoms with E-state index in [-0.39, 0.29) is 17.3 Å². The van der Waals surface area contributed by atoms with Crippen molar-refractivity contribution < 1.29 is 17.9 Å². The lowest BCUT2D eigenvalue weighted by molar-refractivity contribution is 0.102. The molecule has 0 spiro atoms. The van der Waals surface area contributed by atoms with Gasteiger partial charge in [-0.3, -0.25) is 4.79 Å². The Kier molecular flexibility index (Phi) is 7.47. The van der Waals surface area contributed by atoms with Gasteiger partial charge in [0.05, 0.1) is 27.9 Å². The van der Waals surface area contributed by atoms with E-state index in [0.717, 1.165) is 21.5 Å². The Balaban J connectivity index is 1.35. The van der Waals surface area contributed by atoms with Gasteiger partial charge < -0.3 is 10.1 Å². The number of anilines is 1. The number of hydrogen-bond acceptors (Lipinski definition) is 7. The van der Waals surface area contributed by atoms with Crippen molar-refractivity contribution in [1.82, 2.24) is 19.1 Å². The van der Waals surface area contributed by atoms with Gasteiger partial charge in [0.2, 0.25) is 15.2 Å². The minimum Gasteiger partial charge on any atom is -0.497 e. The number of carbonyl (C=O) groups excluding carboxylic acids is 1. The molecule has 2 heterocycles. The minimum absolute atomic E-state index is 0.127. The van der Waals surface area contributed by atoms with Gasteiger partial charge in [0.25, 0.3) is 5.91 Å². The third-order valence-corrected chi connectivity index (χ3v) is 9.08. The third-order valence-electron chi connectivity index (χ3n) is 6.15. The molecular weight excluding hydrogens is 534 g/mol. The van der Waals surface area contributed by atoms with E-state index in [1.165, 1.54) is 39.9 Å². The maximum absolute atomic E-state index is 13.3. The van der Waals surface area contributed by atoms with Crippen LogP contribution >= 0.6 is 11.3 Å². The van der Waals surface area contributed by atoms with Crippen molar-refractivity contribution in [3.63, 3.8) is 0 Å². The zero-order chi connectivity index (χ0) is 27.6. The lowest BCUT2D eigenvalue weighted by Gasteiger charge is -2.20. The number of amides is 1. The van der Waals surface area contributed by atoms with E-state index in [1.54, 1.807) is 24.8 Å². The summed E-state index contributed by atoms with van der Waals surface area (Å²) in [6.07, 6.45) is 0. The van der Waals surface area contributed by atoms with Crippen LogP contribution in [-0.4, -0.2) is 47.0 Å². The summed E-state index contributed by atoms with van der Waals surface area (Å²) in [6, 6.07) is 22.7. The number of methoxy groups -OCH3 is 1. The van der Waals surface area contributed by atoms with Gasteiger partial charge in [0.15, 0.2) is 0 Å². The van der Waals surface area contributed by atoms with Gasteiger partial charge in [-0.15, -0.1) is 0 Å². The first-order valence-electron chi connectivity index (χ1n) is 12.3. The van der Waals surface area contributed by atoms with E-state index in [1.807, 2.05) is 55.5 Å². The Morgan fingerprint density at radius 1 is 1.05 bits per heavy atom. The molecule has 1 N–H and O–H groups in total. The number of ether oxygens (including phenoxy) is 1. The van der Waals surface area contributed by atoms with Crippen LogP contribution in [0, 0.1) is 6.92 Å². The van der Waals surface area contributed by atoms with Gasteiger partial charge in [0, 0.05) is 24.7 Å².